The van der Waals surface area contributed by atoms with Crippen molar-refractivity contribution in [1.29, 1.82) is 0 Å². The van der Waals surface area contributed by atoms with E-state index in [1.165, 1.54) is 25.3 Å². The maximum Gasteiger partial charge on any atom is 0.337 e. The summed E-state index contributed by atoms with van der Waals surface area (Å²) in [5.74, 6) is -0.531. The smallest absolute Gasteiger partial charge is 0.337 e. The summed E-state index contributed by atoms with van der Waals surface area (Å²) in [5, 5.41) is 3.18. The summed E-state index contributed by atoms with van der Waals surface area (Å²) in [6.45, 7) is 1.68. The second-order valence-corrected chi connectivity index (χ2v) is 7.10. The molecule has 0 saturated carbocycles. The van der Waals surface area contributed by atoms with E-state index in [9.17, 15) is 19.2 Å². The van der Waals surface area contributed by atoms with Crippen LogP contribution in [0.2, 0.25) is 0 Å². The van der Waals surface area contributed by atoms with Crippen LogP contribution >= 0.6 is 0 Å². The van der Waals surface area contributed by atoms with Gasteiger partial charge in [0.05, 0.1) is 23.6 Å². The van der Waals surface area contributed by atoms with Gasteiger partial charge in [-0.2, -0.15) is 0 Å². The van der Waals surface area contributed by atoms with Gasteiger partial charge in [0.2, 0.25) is 5.91 Å². The summed E-state index contributed by atoms with van der Waals surface area (Å²) in [6, 6.07) is 4.44. The number of esters is 1. The van der Waals surface area contributed by atoms with Crippen molar-refractivity contribution in [2.45, 2.75) is 32.2 Å². The van der Waals surface area contributed by atoms with Crippen LogP contribution < -0.4 is 16.6 Å². The van der Waals surface area contributed by atoms with Gasteiger partial charge in [-0.15, -0.1) is 0 Å². The van der Waals surface area contributed by atoms with Crippen LogP contribution in [0.15, 0.2) is 27.8 Å². The van der Waals surface area contributed by atoms with E-state index in [4.69, 9.17) is 0 Å². The number of carbonyl (C=O) groups excluding carboxylic acids is 2. The molecule has 0 unspecified atom stereocenters. The van der Waals surface area contributed by atoms with Crippen LogP contribution in [0, 0.1) is 0 Å². The van der Waals surface area contributed by atoms with Gasteiger partial charge in [0.15, 0.2) is 0 Å². The van der Waals surface area contributed by atoms with Crippen molar-refractivity contribution >= 4 is 22.8 Å². The van der Waals surface area contributed by atoms with Crippen LogP contribution in [0.3, 0.4) is 0 Å². The normalized spacial score (nSPS) is 11.0. The monoisotopic (exact) mass is 404 g/mol. The van der Waals surface area contributed by atoms with Gasteiger partial charge in [-0.25, -0.2) is 9.59 Å². The van der Waals surface area contributed by atoms with Gasteiger partial charge in [-0.1, -0.05) is 6.42 Å². The number of rotatable bonds is 10. The fourth-order valence-corrected chi connectivity index (χ4v) is 2.94. The molecule has 9 nitrogen and oxygen atoms in total. The number of amides is 1. The van der Waals surface area contributed by atoms with Crippen LogP contribution in [0.4, 0.5) is 0 Å². The van der Waals surface area contributed by atoms with Crippen molar-refractivity contribution in [3.8, 4) is 0 Å². The zero-order chi connectivity index (χ0) is 21.4. The fourth-order valence-electron chi connectivity index (χ4n) is 2.94. The number of aromatic amines is 1. The van der Waals surface area contributed by atoms with Crippen LogP contribution in [-0.2, 0) is 16.1 Å². The molecule has 0 fully saturated rings. The number of nitrogens with zero attached hydrogens (tertiary/aromatic N) is 2. The number of unbranched alkanes of at least 4 members (excludes halogenated alkanes) is 2. The van der Waals surface area contributed by atoms with E-state index in [1.807, 2.05) is 19.0 Å². The van der Waals surface area contributed by atoms with Crippen LogP contribution in [0.25, 0.3) is 10.9 Å². The van der Waals surface area contributed by atoms with Crippen molar-refractivity contribution in [3.63, 3.8) is 0 Å². The highest BCUT2D eigenvalue weighted by Gasteiger charge is 2.11. The molecule has 0 saturated heterocycles. The van der Waals surface area contributed by atoms with E-state index >= 15 is 0 Å². The summed E-state index contributed by atoms with van der Waals surface area (Å²) in [4.78, 5) is 52.9. The predicted octanol–water partition coefficient (Wildman–Crippen LogP) is 0.715. The molecule has 0 aliphatic rings. The zero-order valence-electron chi connectivity index (χ0n) is 17.1. The molecule has 0 aliphatic carbocycles. The number of H-pyrrole nitrogens is 1. The number of benzene rings is 1. The van der Waals surface area contributed by atoms with Crippen molar-refractivity contribution in [2.75, 3.05) is 34.3 Å². The van der Waals surface area contributed by atoms with Gasteiger partial charge >= 0.3 is 11.7 Å². The van der Waals surface area contributed by atoms with Crippen molar-refractivity contribution < 1.29 is 14.3 Å². The largest absolute Gasteiger partial charge is 0.465 e. The standard InChI is InChI=1S/C20H28N4O5/c1-23(2)12-10-21-17(25)7-5-4-6-11-24-18(26)15-9-8-14(19(27)29-3)13-16(15)22-20(24)28/h8-9,13H,4-7,10-12H2,1-3H3,(H,21,25)(H,22,28). The van der Waals surface area contributed by atoms with E-state index in [1.54, 1.807) is 0 Å². The SMILES string of the molecule is COC(=O)c1ccc2c(=O)n(CCCCCC(=O)NCCN(C)C)c(=O)[nH]c2c1. The second-order valence-electron chi connectivity index (χ2n) is 7.10. The first-order valence-electron chi connectivity index (χ1n) is 9.60. The minimum Gasteiger partial charge on any atom is -0.465 e. The lowest BCUT2D eigenvalue weighted by molar-refractivity contribution is -0.121. The number of methoxy groups -OCH3 is 1. The Kier molecular flexibility index (Phi) is 8.14. The number of likely N-dealkylation sites (N-methyl/N-ethyl adjacent to an activating group) is 1. The van der Waals surface area contributed by atoms with Gasteiger partial charge in [0, 0.05) is 26.1 Å². The molecule has 1 aromatic heterocycles. The van der Waals surface area contributed by atoms with Crippen molar-refractivity contribution in [1.82, 2.24) is 19.8 Å². The molecule has 1 amide bonds. The lowest BCUT2D eigenvalue weighted by atomic mass is 10.1. The average molecular weight is 404 g/mol. The Bertz CT molecular complexity index is 977. The molecule has 0 radical (unpaired) electrons. The molecule has 9 heteroatoms. The summed E-state index contributed by atoms with van der Waals surface area (Å²) >= 11 is 0. The Hall–Kier alpha value is -2.94. The lowest BCUT2D eigenvalue weighted by Crippen LogP contribution is -2.35. The molecule has 1 aromatic carbocycles. The Balaban J connectivity index is 1.92. The summed E-state index contributed by atoms with van der Waals surface area (Å²) in [6.07, 6.45) is 2.45. The quantitative estimate of drug-likeness (QED) is 0.445. The minimum atomic E-state index is -0.539. The molecule has 2 rings (SSSR count). The molecule has 158 valence electrons. The molecule has 0 bridgehead atoms. The first-order valence-corrected chi connectivity index (χ1v) is 9.60. The van der Waals surface area contributed by atoms with Crippen LogP contribution in [0.5, 0.6) is 0 Å². The van der Waals surface area contributed by atoms with E-state index in [-0.39, 0.29) is 18.0 Å². The zero-order valence-corrected chi connectivity index (χ0v) is 17.1. The maximum atomic E-state index is 12.6. The molecule has 0 spiro atoms. The number of carbonyl (C=O) groups is 2. The highest BCUT2D eigenvalue weighted by Crippen LogP contribution is 2.10. The molecule has 0 atom stereocenters. The number of nitrogens with one attached hydrogen (secondary N) is 2. The van der Waals surface area contributed by atoms with E-state index in [2.05, 4.69) is 15.0 Å². The molecule has 2 N–H and O–H groups in total. The Labute approximate surface area is 168 Å². The van der Waals surface area contributed by atoms with E-state index in [0.29, 0.717) is 36.7 Å². The van der Waals surface area contributed by atoms with Crippen molar-refractivity contribution in [3.05, 3.63) is 44.6 Å². The topological polar surface area (TPSA) is 114 Å². The van der Waals surface area contributed by atoms with Gasteiger partial charge in [-0.3, -0.25) is 14.2 Å². The van der Waals surface area contributed by atoms with Gasteiger partial charge in [0.25, 0.3) is 5.56 Å². The van der Waals surface area contributed by atoms with Crippen molar-refractivity contribution in [2.24, 2.45) is 0 Å². The molecule has 1 heterocycles. The molecular weight excluding hydrogens is 376 g/mol. The first kappa shape index (κ1) is 22.4. The fraction of sp³-hybridized carbons (Fsp3) is 0.500. The predicted molar refractivity (Wildman–Crippen MR) is 110 cm³/mol. The van der Waals surface area contributed by atoms with Gasteiger partial charge in [-0.05, 0) is 45.1 Å². The van der Waals surface area contributed by atoms with E-state index in [0.717, 1.165) is 17.5 Å². The number of aromatic nitrogens is 2. The highest BCUT2D eigenvalue weighted by atomic mass is 16.5. The number of ether oxygens (including phenoxy) is 1. The molecular formula is C20H28N4O5. The van der Waals surface area contributed by atoms with Gasteiger partial charge in [0.1, 0.15) is 0 Å². The second kappa shape index (κ2) is 10.6. The molecule has 2 aromatic rings. The van der Waals surface area contributed by atoms with Crippen LogP contribution in [-0.4, -0.2) is 60.6 Å². The molecule has 29 heavy (non-hydrogen) atoms. The minimum absolute atomic E-state index is 0.00831. The Morgan fingerprint density at radius 1 is 1.17 bits per heavy atom. The third-order valence-corrected chi connectivity index (χ3v) is 4.57. The highest BCUT2D eigenvalue weighted by molar-refractivity contribution is 5.93. The maximum absolute atomic E-state index is 12.6. The van der Waals surface area contributed by atoms with Crippen LogP contribution in [0.1, 0.15) is 36.0 Å². The Morgan fingerprint density at radius 3 is 2.62 bits per heavy atom. The summed E-state index contributed by atoms with van der Waals surface area (Å²) < 4.78 is 5.80. The summed E-state index contributed by atoms with van der Waals surface area (Å²) in [7, 11) is 5.15. The third-order valence-electron chi connectivity index (χ3n) is 4.57. The summed E-state index contributed by atoms with van der Waals surface area (Å²) in [5.41, 5.74) is -0.363. The van der Waals surface area contributed by atoms with Gasteiger partial charge < -0.3 is 19.9 Å². The van der Waals surface area contributed by atoms with E-state index < -0.39 is 17.2 Å². The molecule has 0 aliphatic heterocycles. The number of hydrogen-bond donors (Lipinski definition) is 2. The first-order chi connectivity index (χ1) is 13.8. The Morgan fingerprint density at radius 2 is 1.93 bits per heavy atom. The number of hydrogen-bond acceptors (Lipinski definition) is 6. The number of fused-ring (bicyclic) bond motifs is 1. The third kappa shape index (κ3) is 6.28. The average Bonchev–Trinajstić information content (AvgIpc) is 2.68. The lowest BCUT2D eigenvalue weighted by Gasteiger charge is -2.10.